The molecule has 210 valence electrons. The topological polar surface area (TPSA) is 149 Å². The number of amides is 2. The SMILES string of the molecule is C[C@H]1[C@@H](C(=O)Nc2cc(C#N)ccc2CCCC(=O)O)[C@@]12CCOc1ccc(C(=O)NC3CCC(O)CC3)cc12. The smallest absolute Gasteiger partial charge is 0.303 e. The normalized spacial score (nSPS) is 26.6. The minimum absolute atomic E-state index is 0.0166. The second-order valence-electron chi connectivity index (χ2n) is 11.3. The van der Waals surface area contributed by atoms with Crippen molar-refractivity contribution in [2.75, 3.05) is 11.9 Å². The molecule has 2 aliphatic carbocycles. The number of carboxylic acids is 1. The van der Waals surface area contributed by atoms with Crippen LogP contribution in [0.4, 0.5) is 5.69 Å². The Bertz CT molecular complexity index is 1360. The molecular weight excluding hydrogens is 510 g/mol. The van der Waals surface area contributed by atoms with Crippen LogP contribution < -0.4 is 15.4 Å². The molecule has 1 aliphatic heterocycles. The number of anilines is 1. The number of carboxylic acid groups (broad SMARTS) is 1. The number of aliphatic hydroxyl groups is 1. The Hall–Kier alpha value is -3.90. The van der Waals surface area contributed by atoms with Crippen molar-refractivity contribution in [3.63, 3.8) is 0 Å². The molecular formula is C31H35N3O6. The number of fused-ring (bicyclic) bond motifs is 2. The third kappa shape index (κ3) is 5.41. The number of benzene rings is 2. The predicted molar refractivity (Wildman–Crippen MR) is 147 cm³/mol. The van der Waals surface area contributed by atoms with Crippen molar-refractivity contribution < 1.29 is 29.3 Å². The number of nitrogens with one attached hydrogen (secondary N) is 2. The fourth-order valence-corrected chi connectivity index (χ4v) is 6.62. The molecule has 0 saturated heterocycles. The van der Waals surface area contributed by atoms with Gasteiger partial charge in [-0.3, -0.25) is 14.4 Å². The average molecular weight is 546 g/mol. The lowest BCUT2D eigenvalue weighted by Gasteiger charge is -2.29. The van der Waals surface area contributed by atoms with Gasteiger partial charge in [0.2, 0.25) is 5.91 Å². The summed E-state index contributed by atoms with van der Waals surface area (Å²) in [5, 5.41) is 34.3. The zero-order valence-corrected chi connectivity index (χ0v) is 22.6. The Morgan fingerprint density at radius 2 is 1.90 bits per heavy atom. The number of aliphatic hydroxyl groups excluding tert-OH is 1. The van der Waals surface area contributed by atoms with E-state index in [0.29, 0.717) is 61.3 Å². The minimum atomic E-state index is -0.878. The molecule has 0 unspecified atom stereocenters. The standard InChI is InChI=1S/C31H35N3O6/c1-18-28(30(39)34-25-15-19(17-32)5-6-20(25)3-2-4-27(36)37)31(18)13-14-40-26-12-7-21(16-24(26)31)29(38)33-22-8-10-23(35)11-9-22/h5-7,12,15-16,18,22-23,28,35H,2-4,8-11,13-14H2,1H3,(H,33,38)(H,34,39)(H,36,37)/t18-,22?,23?,28-,31-/m0/s1. The fraction of sp³-hybridized carbons (Fsp3) is 0.484. The maximum absolute atomic E-state index is 13.7. The highest BCUT2D eigenvalue weighted by atomic mass is 16.5. The van der Waals surface area contributed by atoms with Crippen molar-refractivity contribution in [2.45, 2.75) is 75.9 Å². The molecule has 0 bridgehead atoms. The number of hydrogen-bond acceptors (Lipinski definition) is 6. The third-order valence-corrected chi connectivity index (χ3v) is 8.92. The van der Waals surface area contributed by atoms with Crippen LogP contribution >= 0.6 is 0 Å². The van der Waals surface area contributed by atoms with Gasteiger partial charge in [-0.1, -0.05) is 13.0 Å². The van der Waals surface area contributed by atoms with E-state index in [4.69, 9.17) is 9.84 Å². The van der Waals surface area contributed by atoms with Gasteiger partial charge in [0, 0.05) is 34.7 Å². The van der Waals surface area contributed by atoms with Crippen molar-refractivity contribution >= 4 is 23.5 Å². The molecule has 0 radical (unpaired) electrons. The van der Waals surface area contributed by atoms with E-state index in [1.54, 1.807) is 24.3 Å². The monoisotopic (exact) mass is 545 g/mol. The van der Waals surface area contributed by atoms with E-state index in [2.05, 4.69) is 16.7 Å². The highest BCUT2D eigenvalue weighted by Crippen LogP contribution is 2.65. The van der Waals surface area contributed by atoms with E-state index in [1.165, 1.54) is 0 Å². The number of hydrogen-bond donors (Lipinski definition) is 4. The molecule has 2 fully saturated rings. The van der Waals surface area contributed by atoms with Gasteiger partial charge in [0.15, 0.2) is 0 Å². The Labute approximate surface area is 233 Å². The second-order valence-corrected chi connectivity index (χ2v) is 11.3. The zero-order chi connectivity index (χ0) is 28.4. The summed E-state index contributed by atoms with van der Waals surface area (Å²) in [6, 6.07) is 12.6. The largest absolute Gasteiger partial charge is 0.493 e. The molecule has 1 spiro atoms. The van der Waals surface area contributed by atoms with E-state index >= 15 is 0 Å². The van der Waals surface area contributed by atoms with Gasteiger partial charge in [-0.25, -0.2) is 0 Å². The molecule has 3 atom stereocenters. The average Bonchev–Trinajstić information content (AvgIpc) is 3.53. The number of nitrogens with zero attached hydrogens (tertiary/aromatic N) is 1. The molecule has 2 aromatic carbocycles. The number of rotatable bonds is 8. The summed E-state index contributed by atoms with van der Waals surface area (Å²) in [4.78, 5) is 37.8. The number of nitriles is 1. The van der Waals surface area contributed by atoms with Crippen LogP contribution in [0.3, 0.4) is 0 Å². The number of ether oxygens (including phenoxy) is 1. The number of carbonyl (C=O) groups excluding carboxylic acids is 2. The highest BCUT2D eigenvalue weighted by molar-refractivity contribution is 5.98. The summed E-state index contributed by atoms with van der Waals surface area (Å²) in [7, 11) is 0. The van der Waals surface area contributed by atoms with E-state index in [0.717, 1.165) is 24.0 Å². The van der Waals surface area contributed by atoms with E-state index in [-0.39, 0.29) is 42.2 Å². The first kappa shape index (κ1) is 27.7. The van der Waals surface area contributed by atoms with Gasteiger partial charge in [-0.2, -0.15) is 5.26 Å². The van der Waals surface area contributed by atoms with Gasteiger partial charge >= 0.3 is 5.97 Å². The number of aliphatic carboxylic acids is 1. The molecule has 5 rings (SSSR count). The van der Waals surface area contributed by atoms with Crippen molar-refractivity contribution in [1.82, 2.24) is 5.32 Å². The molecule has 9 heteroatoms. The van der Waals surface area contributed by atoms with E-state index in [1.807, 2.05) is 19.1 Å². The Morgan fingerprint density at radius 3 is 2.62 bits per heavy atom. The molecule has 40 heavy (non-hydrogen) atoms. The van der Waals surface area contributed by atoms with E-state index < -0.39 is 11.4 Å². The molecule has 4 N–H and O–H groups in total. The fourth-order valence-electron chi connectivity index (χ4n) is 6.62. The summed E-state index contributed by atoms with van der Waals surface area (Å²) in [5.74, 6) is -0.846. The Kier molecular flexibility index (Phi) is 7.81. The van der Waals surface area contributed by atoms with Gasteiger partial charge in [0.1, 0.15) is 5.75 Å². The van der Waals surface area contributed by atoms with Gasteiger partial charge < -0.3 is 25.6 Å². The summed E-state index contributed by atoms with van der Waals surface area (Å²) < 4.78 is 5.93. The minimum Gasteiger partial charge on any atom is -0.493 e. The lowest BCUT2D eigenvalue weighted by molar-refractivity contribution is -0.137. The van der Waals surface area contributed by atoms with Gasteiger partial charge in [0.05, 0.1) is 30.3 Å². The maximum atomic E-state index is 13.7. The van der Waals surface area contributed by atoms with Crippen LogP contribution in [-0.4, -0.2) is 46.7 Å². The van der Waals surface area contributed by atoms with Gasteiger partial charge in [-0.15, -0.1) is 0 Å². The van der Waals surface area contributed by atoms with Crippen LogP contribution in [0.2, 0.25) is 0 Å². The van der Waals surface area contributed by atoms with Crippen molar-refractivity contribution in [1.29, 1.82) is 5.26 Å². The first-order chi connectivity index (χ1) is 19.2. The molecule has 3 aliphatic rings. The summed E-state index contributed by atoms with van der Waals surface area (Å²) >= 11 is 0. The summed E-state index contributed by atoms with van der Waals surface area (Å²) in [5.41, 5.74) is 2.66. The third-order valence-electron chi connectivity index (χ3n) is 8.92. The lowest BCUT2D eigenvalue weighted by Crippen LogP contribution is -2.38. The molecule has 9 nitrogen and oxygen atoms in total. The molecule has 0 aromatic heterocycles. The molecule has 1 heterocycles. The zero-order valence-electron chi connectivity index (χ0n) is 22.6. The molecule has 2 aromatic rings. The molecule has 2 saturated carbocycles. The molecule has 2 amide bonds. The van der Waals surface area contributed by atoms with Crippen LogP contribution in [0.15, 0.2) is 36.4 Å². The van der Waals surface area contributed by atoms with E-state index in [9.17, 15) is 24.8 Å². The lowest BCUT2D eigenvalue weighted by atomic mass is 9.84. The van der Waals surface area contributed by atoms with Gasteiger partial charge in [-0.05, 0) is 86.8 Å². The maximum Gasteiger partial charge on any atom is 0.303 e. The second kappa shape index (κ2) is 11.3. The first-order valence-corrected chi connectivity index (χ1v) is 14.0. The summed E-state index contributed by atoms with van der Waals surface area (Å²) in [6.07, 6.45) is 4.11. The quantitative estimate of drug-likeness (QED) is 0.393. The van der Waals surface area contributed by atoms with Crippen molar-refractivity contribution in [3.8, 4) is 11.8 Å². The first-order valence-electron chi connectivity index (χ1n) is 14.0. The number of aryl methyl sites for hydroxylation is 1. The highest BCUT2D eigenvalue weighted by Gasteiger charge is 2.67. The van der Waals surface area contributed by atoms with Crippen LogP contribution in [-0.2, 0) is 21.4 Å². The van der Waals surface area contributed by atoms with Crippen molar-refractivity contribution in [2.24, 2.45) is 11.8 Å². The van der Waals surface area contributed by atoms with Crippen LogP contribution in [0.5, 0.6) is 5.75 Å². The van der Waals surface area contributed by atoms with Crippen molar-refractivity contribution in [3.05, 3.63) is 58.7 Å². The predicted octanol–water partition coefficient (Wildman–Crippen LogP) is 3.92. The van der Waals surface area contributed by atoms with Crippen LogP contribution in [0, 0.1) is 23.2 Å². The van der Waals surface area contributed by atoms with Gasteiger partial charge in [0.25, 0.3) is 5.91 Å². The Morgan fingerprint density at radius 1 is 1.12 bits per heavy atom. The Balaban J connectivity index is 1.35. The summed E-state index contributed by atoms with van der Waals surface area (Å²) in [6.45, 7) is 2.51. The van der Waals surface area contributed by atoms with Crippen LogP contribution in [0.25, 0.3) is 0 Å². The number of carbonyl (C=O) groups is 3. The van der Waals surface area contributed by atoms with Crippen LogP contribution in [0.1, 0.15) is 78.9 Å².